The van der Waals surface area contributed by atoms with Crippen molar-refractivity contribution < 1.29 is 13.2 Å². The Hall–Kier alpha value is -5.18. The monoisotopic (exact) mass is 600 g/mol. The molecule has 0 saturated heterocycles. The van der Waals surface area contributed by atoms with Gasteiger partial charge in [0.15, 0.2) is 0 Å². The summed E-state index contributed by atoms with van der Waals surface area (Å²) in [5, 5.41) is 6.37. The number of rotatable bonds is 10. The third-order valence-corrected chi connectivity index (χ3v) is 8.73. The second-order valence-corrected chi connectivity index (χ2v) is 12.4. The molecule has 5 aromatic rings. The Morgan fingerprint density at radius 3 is 1.95 bits per heavy atom. The van der Waals surface area contributed by atoms with Gasteiger partial charge >= 0.3 is 0 Å². The van der Waals surface area contributed by atoms with E-state index in [1.807, 2.05) is 66.7 Å². The van der Waals surface area contributed by atoms with Crippen molar-refractivity contribution >= 4 is 44.3 Å². The van der Waals surface area contributed by atoms with Crippen LogP contribution in [0.25, 0.3) is 11.3 Å². The van der Waals surface area contributed by atoms with Gasteiger partial charge in [-0.1, -0.05) is 91.0 Å². The van der Waals surface area contributed by atoms with E-state index in [4.69, 9.17) is 0 Å². The number of nitrogens with one attached hydrogen (secondary N) is 3. The highest BCUT2D eigenvalue weighted by Crippen LogP contribution is 2.39. The third kappa shape index (κ3) is 6.57. The van der Waals surface area contributed by atoms with Gasteiger partial charge in [-0.3, -0.25) is 14.4 Å². The van der Waals surface area contributed by atoms with Crippen LogP contribution in [0.1, 0.15) is 22.3 Å². The van der Waals surface area contributed by atoms with E-state index in [2.05, 4.69) is 51.6 Å². The summed E-state index contributed by atoms with van der Waals surface area (Å²) in [4.78, 5) is 15.8. The Labute approximate surface area is 257 Å². The van der Waals surface area contributed by atoms with Crippen molar-refractivity contribution in [2.45, 2.75) is 18.0 Å². The smallest absolute Gasteiger partial charge is 0.261 e. The van der Waals surface area contributed by atoms with Crippen molar-refractivity contribution in [3.05, 3.63) is 156 Å². The molecular weight excluding hydrogens is 568 g/mol. The van der Waals surface area contributed by atoms with Crippen LogP contribution < -0.4 is 15.4 Å². The number of hydrogen-bond donors (Lipinski definition) is 3. The standard InChI is InChI=1S/C36H32N4O3S/c1-40(24-26-11-5-2-6-12-26)25-27-17-19-29(20-18-27)37-35(28-13-7-3-8-14-28)34-32-23-31(21-22-33(32)38-36(34)41)44(42,43)39-30-15-9-4-10-16-30/h2-23,37,39H,24-25H2,1H3,(H,38,41)/b35-34-. The largest absolute Gasteiger partial charge is 0.354 e. The molecule has 1 aliphatic heterocycles. The van der Waals surface area contributed by atoms with Gasteiger partial charge in [0.05, 0.1) is 16.2 Å². The van der Waals surface area contributed by atoms with Gasteiger partial charge in [-0.05, 0) is 66.2 Å². The Bertz CT molecular complexity index is 1910. The molecule has 0 unspecified atom stereocenters. The molecule has 0 aliphatic carbocycles. The molecule has 220 valence electrons. The third-order valence-electron chi connectivity index (χ3n) is 7.36. The Balaban J connectivity index is 1.31. The van der Waals surface area contributed by atoms with Crippen molar-refractivity contribution in [3.8, 4) is 0 Å². The highest BCUT2D eigenvalue weighted by Gasteiger charge is 2.30. The molecular formula is C36H32N4O3S. The van der Waals surface area contributed by atoms with Crippen molar-refractivity contribution in [2.75, 3.05) is 22.4 Å². The molecule has 8 heteroatoms. The van der Waals surface area contributed by atoms with Crippen LogP contribution >= 0.6 is 0 Å². The molecule has 0 bridgehead atoms. The number of nitrogens with zero attached hydrogens (tertiary/aromatic N) is 1. The zero-order chi connectivity index (χ0) is 30.5. The minimum absolute atomic E-state index is 0.0606. The van der Waals surface area contributed by atoms with Crippen LogP contribution in [0, 0.1) is 0 Å². The summed E-state index contributed by atoms with van der Waals surface area (Å²) in [6.45, 7) is 1.63. The lowest BCUT2D eigenvalue weighted by Crippen LogP contribution is -2.17. The topological polar surface area (TPSA) is 90.5 Å². The molecule has 6 rings (SSSR count). The lowest BCUT2D eigenvalue weighted by molar-refractivity contribution is -0.110. The van der Waals surface area contributed by atoms with Crippen LogP contribution in [-0.2, 0) is 27.9 Å². The number of amides is 1. The van der Waals surface area contributed by atoms with Crippen LogP contribution in [-0.4, -0.2) is 26.3 Å². The average Bonchev–Trinajstić information content (AvgIpc) is 3.36. The van der Waals surface area contributed by atoms with Gasteiger partial charge in [0.25, 0.3) is 15.9 Å². The van der Waals surface area contributed by atoms with Gasteiger partial charge in [0.1, 0.15) is 0 Å². The Kier molecular flexibility index (Phi) is 8.27. The van der Waals surface area contributed by atoms with Gasteiger partial charge in [-0.15, -0.1) is 0 Å². The lowest BCUT2D eigenvalue weighted by atomic mass is 10.00. The minimum atomic E-state index is -3.90. The van der Waals surface area contributed by atoms with E-state index >= 15 is 0 Å². The molecule has 3 N–H and O–H groups in total. The number of benzene rings is 5. The first-order valence-electron chi connectivity index (χ1n) is 14.3. The average molecular weight is 601 g/mol. The molecule has 7 nitrogen and oxygen atoms in total. The summed E-state index contributed by atoms with van der Waals surface area (Å²) >= 11 is 0. The van der Waals surface area contributed by atoms with Gasteiger partial charge < -0.3 is 10.6 Å². The molecule has 0 saturated carbocycles. The van der Waals surface area contributed by atoms with Crippen molar-refractivity contribution in [2.24, 2.45) is 0 Å². The highest BCUT2D eigenvalue weighted by molar-refractivity contribution is 7.92. The minimum Gasteiger partial charge on any atom is -0.354 e. The fourth-order valence-electron chi connectivity index (χ4n) is 5.27. The second kappa shape index (κ2) is 12.6. The molecule has 1 aliphatic rings. The first-order valence-corrected chi connectivity index (χ1v) is 15.8. The molecule has 1 amide bonds. The maximum atomic E-state index is 13.4. The predicted octanol–water partition coefficient (Wildman–Crippen LogP) is 7.05. The number of carbonyl (C=O) groups is 1. The number of hydrogen-bond acceptors (Lipinski definition) is 5. The molecule has 0 aromatic heterocycles. The predicted molar refractivity (Wildman–Crippen MR) is 177 cm³/mol. The maximum Gasteiger partial charge on any atom is 0.261 e. The number of anilines is 3. The summed E-state index contributed by atoms with van der Waals surface area (Å²) in [5.74, 6) is -0.309. The van der Waals surface area contributed by atoms with Crippen LogP contribution in [0.2, 0.25) is 0 Å². The van der Waals surface area contributed by atoms with E-state index in [1.165, 1.54) is 11.6 Å². The molecule has 0 atom stereocenters. The maximum absolute atomic E-state index is 13.4. The van der Waals surface area contributed by atoms with Crippen LogP contribution in [0.4, 0.5) is 17.1 Å². The SMILES string of the molecule is CN(Cc1ccccc1)Cc1ccc(N/C(=C2\C(=O)Nc3ccc(S(=O)(=O)Nc4ccccc4)cc32)c2ccccc2)cc1. The second-order valence-electron chi connectivity index (χ2n) is 10.7. The van der Waals surface area contributed by atoms with Crippen LogP contribution in [0.15, 0.2) is 138 Å². The number of para-hydroxylation sites is 1. The summed E-state index contributed by atoms with van der Waals surface area (Å²) < 4.78 is 29.2. The Morgan fingerprint density at radius 1 is 0.705 bits per heavy atom. The van der Waals surface area contributed by atoms with E-state index in [0.29, 0.717) is 28.2 Å². The fraction of sp³-hybridized carbons (Fsp3) is 0.0833. The normalized spacial score (nSPS) is 13.7. The van der Waals surface area contributed by atoms with Crippen LogP contribution in [0.3, 0.4) is 0 Å². The van der Waals surface area contributed by atoms with Crippen molar-refractivity contribution in [1.29, 1.82) is 0 Å². The van der Waals surface area contributed by atoms with Gasteiger partial charge in [-0.2, -0.15) is 0 Å². The van der Waals surface area contributed by atoms with Crippen LogP contribution in [0.5, 0.6) is 0 Å². The highest BCUT2D eigenvalue weighted by atomic mass is 32.2. The quantitative estimate of drug-likeness (QED) is 0.150. The lowest BCUT2D eigenvalue weighted by Gasteiger charge is -2.18. The Morgan fingerprint density at radius 2 is 1.30 bits per heavy atom. The van der Waals surface area contributed by atoms with E-state index in [1.54, 1.807) is 36.4 Å². The van der Waals surface area contributed by atoms with E-state index in [0.717, 1.165) is 29.9 Å². The molecule has 0 fully saturated rings. The van der Waals surface area contributed by atoms with Gasteiger partial charge in [0.2, 0.25) is 0 Å². The van der Waals surface area contributed by atoms with Gasteiger partial charge in [0, 0.05) is 35.7 Å². The molecule has 0 spiro atoms. The van der Waals surface area contributed by atoms with E-state index in [-0.39, 0.29) is 10.8 Å². The molecule has 44 heavy (non-hydrogen) atoms. The zero-order valence-electron chi connectivity index (χ0n) is 24.2. The van der Waals surface area contributed by atoms with E-state index < -0.39 is 10.0 Å². The van der Waals surface area contributed by atoms with E-state index in [9.17, 15) is 13.2 Å². The number of carbonyl (C=O) groups excluding carboxylic acids is 1. The summed E-state index contributed by atoms with van der Waals surface area (Å²) in [5.41, 5.74) is 6.50. The van der Waals surface area contributed by atoms with Crippen molar-refractivity contribution in [1.82, 2.24) is 4.90 Å². The summed E-state index contributed by atoms with van der Waals surface area (Å²) in [6, 6.07) is 41.4. The fourth-order valence-corrected chi connectivity index (χ4v) is 6.35. The first kappa shape index (κ1) is 28.9. The zero-order valence-corrected chi connectivity index (χ0v) is 25.0. The van der Waals surface area contributed by atoms with Gasteiger partial charge in [-0.25, -0.2) is 8.42 Å². The molecule has 5 aromatic carbocycles. The first-order chi connectivity index (χ1) is 21.4. The van der Waals surface area contributed by atoms with Crippen molar-refractivity contribution in [3.63, 3.8) is 0 Å². The number of fused-ring (bicyclic) bond motifs is 1. The summed E-state index contributed by atoms with van der Waals surface area (Å²) in [6.07, 6.45) is 0. The summed E-state index contributed by atoms with van der Waals surface area (Å²) in [7, 11) is -1.80. The molecule has 1 heterocycles. The number of sulfonamides is 1. The molecule has 0 radical (unpaired) electrons.